The third kappa shape index (κ3) is 3.85. The zero-order valence-corrected chi connectivity index (χ0v) is 17.4. The van der Waals surface area contributed by atoms with Gasteiger partial charge in [-0.2, -0.15) is 4.98 Å². The molecule has 0 aliphatic rings. The first-order valence-electron chi connectivity index (χ1n) is 9.08. The summed E-state index contributed by atoms with van der Waals surface area (Å²) in [4.78, 5) is 30.3. The SMILES string of the molecule is CCCCCNc1nc2c(c(=O)n(Cc3cccc(Br)c3)c(=O)n2C)n1C. The normalized spacial score (nSPS) is 11.3. The molecule has 0 saturated heterocycles. The summed E-state index contributed by atoms with van der Waals surface area (Å²) in [7, 11) is 3.45. The van der Waals surface area contributed by atoms with Crippen molar-refractivity contribution in [2.24, 2.45) is 14.1 Å². The van der Waals surface area contributed by atoms with E-state index in [-0.39, 0.29) is 17.8 Å². The monoisotopic (exact) mass is 433 g/mol. The van der Waals surface area contributed by atoms with Crippen LogP contribution in [0.1, 0.15) is 31.7 Å². The third-order valence-corrected chi connectivity index (χ3v) is 5.15. The van der Waals surface area contributed by atoms with Crippen molar-refractivity contribution in [2.45, 2.75) is 32.7 Å². The number of halogens is 1. The van der Waals surface area contributed by atoms with Crippen molar-refractivity contribution in [1.29, 1.82) is 0 Å². The Morgan fingerprint density at radius 3 is 2.63 bits per heavy atom. The van der Waals surface area contributed by atoms with Crippen LogP contribution in [0.2, 0.25) is 0 Å². The highest BCUT2D eigenvalue weighted by Gasteiger charge is 2.18. The first-order valence-corrected chi connectivity index (χ1v) is 9.88. The Labute approximate surface area is 165 Å². The predicted molar refractivity (Wildman–Crippen MR) is 111 cm³/mol. The molecule has 1 aromatic carbocycles. The highest BCUT2D eigenvalue weighted by atomic mass is 79.9. The van der Waals surface area contributed by atoms with Crippen LogP contribution in [0, 0.1) is 0 Å². The van der Waals surface area contributed by atoms with E-state index in [0.29, 0.717) is 17.1 Å². The van der Waals surface area contributed by atoms with Crippen LogP contribution >= 0.6 is 15.9 Å². The number of imidazole rings is 1. The lowest BCUT2D eigenvalue weighted by Gasteiger charge is -2.09. The van der Waals surface area contributed by atoms with Gasteiger partial charge in [-0.3, -0.25) is 13.9 Å². The zero-order valence-electron chi connectivity index (χ0n) is 15.8. The Bertz CT molecular complexity index is 1080. The van der Waals surface area contributed by atoms with Crippen LogP contribution in [0.4, 0.5) is 5.95 Å². The lowest BCUT2D eigenvalue weighted by atomic mass is 10.2. The van der Waals surface area contributed by atoms with Gasteiger partial charge in [0.1, 0.15) is 0 Å². The van der Waals surface area contributed by atoms with Gasteiger partial charge < -0.3 is 9.88 Å². The Morgan fingerprint density at radius 2 is 1.93 bits per heavy atom. The molecule has 0 spiro atoms. The van der Waals surface area contributed by atoms with E-state index in [2.05, 4.69) is 33.2 Å². The van der Waals surface area contributed by atoms with E-state index in [9.17, 15) is 9.59 Å². The van der Waals surface area contributed by atoms with Crippen LogP contribution in [0.5, 0.6) is 0 Å². The van der Waals surface area contributed by atoms with Crippen molar-refractivity contribution >= 4 is 33.0 Å². The van der Waals surface area contributed by atoms with Crippen molar-refractivity contribution < 1.29 is 0 Å². The van der Waals surface area contributed by atoms with Crippen LogP contribution in [0.3, 0.4) is 0 Å². The quantitative estimate of drug-likeness (QED) is 0.581. The van der Waals surface area contributed by atoms with Gasteiger partial charge in [-0.1, -0.05) is 47.8 Å². The van der Waals surface area contributed by atoms with Gasteiger partial charge in [0.2, 0.25) is 5.95 Å². The highest BCUT2D eigenvalue weighted by molar-refractivity contribution is 9.10. The van der Waals surface area contributed by atoms with E-state index in [1.54, 1.807) is 18.7 Å². The molecule has 3 rings (SSSR count). The van der Waals surface area contributed by atoms with Gasteiger partial charge >= 0.3 is 5.69 Å². The van der Waals surface area contributed by atoms with Crippen LogP contribution in [-0.2, 0) is 20.6 Å². The fraction of sp³-hybridized carbons (Fsp3) is 0.421. The van der Waals surface area contributed by atoms with Crippen molar-refractivity contribution in [3.63, 3.8) is 0 Å². The molecule has 27 heavy (non-hydrogen) atoms. The summed E-state index contributed by atoms with van der Waals surface area (Å²) in [6, 6.07) is 7.59. The number of hydrogen-bond donors (Lipinski definition) is 1. The summed E-state index contributed by atoms with van der Waals surface area (Å²) in [6.07, 6.45) is 3.31. The Morgan fingerprint density at radius 1 is 1.15 bits per heavy atom. The molecule has 0 unspecified atom stereocenters. The number of fused-ring (bicyclic) bond motifs is 1. The maximum atomic E-state index is 13.1. The fourth-order valence-electron chi connectivity index (χ4n) is 3.13. The second-order valence-electron chi connectivity index (χ2n) is 6.66. The molecular weight excluding hydrogens is 410 g/mol. The summed E-state index contributed by atoms with van der Waals surface area (Å²) in [5.41, 5.74) is 0.997. The average Bonchev–Trinajstić information content (AvgIpc) is 2.97. The van der Waals surface area contributed by atoms with Crippen LogP contribution < -0.4 is 16.6 Å². The Balaban J connectivity index is 2.05. The Kier molecular flexibility index (Phi) is 5.84. The van der Waals surface area contributed by atoms with E-state index in [0.717, 1.165) is 35.8 Å². The van der Waals surface area contributed by atoms with Gasteiger partial charge in [-0.05, 0) is 24.1 Å². The minimum Gasteiger partial charge on any atom is -0.356 e. The first-order chi connectivity index (χ1) is 12.9. The minimum atomic E-state index is -0.372. The predicted octanol–water partition coefficient (Wildman–Crippen LogP) is 2.85. The number of rotatable bonds is 7. The number of anilines is 1. The summed E-state index contributed by atoms with van der Waals surface area (Å²) in [6.45, 7) is 3.15. The smallest absolute Gasteiger partial charge is 0.332 e. The summed E-state index contributed by atoms with van der Waals surface area (Å²) >= 11 is 3.42. The van der Waals surface area contributed by atoms with Crippen LogP contribution in [-0.4, -0.2) is 25.2 Å². The number of nitrogens with zero attached hydrogens (tertiary/aromatic N) is 4. The summed E-state index contributed by atoms with van der Waals surface area (Å²) in [5, 5.41) is 3.27. The standard InChI is InChI=1S/C19H24BrN5O2/c1-4-5-6-10-21-18-22-16-15(23(18)2)17(26)25(19(27)24(16)3)12-13-8-7-9-14(20)11-13/h7-9,11H,4-6,10,12H2,1-3H3,(H,21,22). The van der Waals surface area contributed by atoms with Crippen LogP contribution in [0.15, 0.2) is 38.3 Å². The van der Waals surface area contributed by atoms with Crippen LogP contribution in [0.25, 0.3) is 11.2 Å². The maximum Gasteiger partial charge on any atom is 0.332 e. The number of aryl methyl sites for hydroxylation is 2. The number of unbranched alkanes of at least 4 members (excludes halogenated alkanes) is 2. The second kappa shape index (κ2) is 8.12. The van der Waals surface area contributed by atoms with Crippen molar-refractivity contribution in [2.75, 3.05) is 11.9 Å². The molecule has 7 nitrogen and oxygen atoms in total. The van der Waals surface area contributed by atoms with Gasteiger partial charge in [-0.25, -0.2) is 4.79 Å². The first kappa shape index (κ1) is 19.4. The molecule has 8 heteroatoms. The molecule has 3 aromatic rings. The van der Waals surface area contributed by atoms with Crippen molar-refractivity contribution in [1.82, 2.24) is 18.7 Å². The van der Waals surface area contributed by atoms with Crippen molar-refractivity contribution in [3.05, 3.63) is 55.1 Å². The maximum absolute atomic E-state index is 13.1. The molecule has 144 valence electrons. The molecular formula is C19H24BrN5O2. The molecule has 0 amide bonds. The Hall–Kier alpha value is -2.35. The number of nitrogens with one attached hydrogen (secondary N) is 1. The fourth-order valence-corrected chi connectivity index (χ4v) is 3.58. The minimum absolute atomic E-state index is 0.214. The molecule has 0 atom stereocenters. The molecule has 0 saturated carbocycles. The van der Waals surface area contributed by atoms with Crippen molar-refractivity contribution in [3.8, 4) is 0 Å². The van der Waals surface area contributed by atoms with E-state index in [4.69, 9.17) is 0 Å². The summed E-state index contributed by atoms with van der Waals surface area (Å²) < 4.78 is 5.34. The molecule has 1 N–H and O–H groups in total. The van der Waals surface area contributed by atoms with Gasteiger partial charge in [0.05, 0.1) is 6.54 Å². The summed E-state index contributed by atoms with van der Waals surface area (Å²) in [5.74, 6) is 0.605. The lowest BCUT2D eigenvalue weighted by Crippen LogP contribution is -2.39. The van der Waals surface area contributed by atoms with E-state index in [1.807, 2.05) is 24.3 Å². The van der Waals surface area contributed by atoms with E-state index in [1.165, 1.54) is 9.13 Å². The van der Waals surface area contributed by atoms with E-state index >= 15 is 0 Å². The molecule has 0 aliphatic heterocycles. The number of hydrogen-bond acceptors (Lipinski definition) is 4. The molecule has 2 aromatic heterocycles. The molecule has 0 bridgehead atoms. The third-order valence-electron chi connectivity index (χ3n) is 4.65. The number of aromatic nitrogens is 4. The van der Waals surface area contributed by atoms with Gasteiger partial charge in [0.25, 0.3) is 5.56 Å². The highest BCUT2D eigenvalue weighted by Crippen LogP contribution is 2.15. The molecule has 0 aliphatic carbocycles. The van der Waals surface area contributed by atoms with Gasteiger partial charge in [-0.15, -0.1) is 0 Å². The number of benzene rings is 1. The topological polar surface area (TPSA) is 73.8 Å². The largest absolute Gasteiger partial charge is 0.356 e. The molecule has 0 radical (unpaired) electrons. The zero-order chi connectivity index (χ0) is 19.6. The lowest BCUT2D eigenvalue weighted by molar-refractivity contribution is 0.655. The van der Waals surface area contributed by atoms with Gasteiger partial charge in [0.15, 0.2) is 11.2 Å². The molecule has 0 fully saturated rings. The molecule has 2 heterocycles. The average molecular weight is 434 g/mol. The second-order valence-corrected chi connectivity index (χ2v) is 7.58. The van der Waals surface area contributed by atoms with E-state index < -0.39 is 0 Å². The van der Waals surface area contributed by atoms with Gasteiger partial charge in [0, 0.05) is 25.1 Å².